The van der Waals surface area contributed by atoms with E-state index in [9.17, 15) is 18.8 Å². The van der Waals surface area contributed by atoms with Gasteiger partial charge < -0.3 is 20.3 Å². The maximum Gasteiger partial charge on any atom is 0.410 e. The van der Waals surface area contributed by atoms with Crippen LogP contribution < -0.4 is 16.0 Å². The fourth-order valence-electron chi connectivity index (χ4n) is 3.60. The highest BCUT2D eigenvalue weighted by atomic mass is 19.1. The number of amides is 3. The van der Waals surface area contributed by atoms with Crippen LogP contribution in [0.1, 0.15) is 50.8 Å². The van der Waals surface area contributed by atoms with Crippen molar-refractivity contribution in [2.24, 2.45) is 0 Å². The normalized spacial score (nSPS) is 22.5. The number of anilines is 1. The lowest BCUT2D eigenvalue weighted by Crippen LogP contribution is -2.50. The number of hydrogen-bond donors (Lipinski definition) is 3. The van der Waals surface area contributed by atoms with Crippen LogP contribution in [0.3, 0.4) is 0 Å². The largest absolute Gasteiger partial charge is 0.444 e. The van der Waals surface area contributed by atoms with Gasteiger partial charge in [0.05, 0.1) is 6.04 Å². The van der Waals surface area contributed by atoms with E-state index >= 15 is 0 Å². The van der Waals surface area contributed by atoms with Gasteiger partial charge in [-0.15, -0.1) is 0 Å². The van der Waals surface area contributed by atoms with E-state index in [1.54, 1.807) is 11.0 Å². The number of ether oxygens (including phenoxy) is 1. The van der Waals surface area contributed by atoms with Crippen LogP contribution in [0, 0.1) is 12.7 Å². The van der Waals surface area contributed by atoms with Crippen molar-refractivity contribution in [2.75, 3.05) is 25.0 Å². The van der Waals surface area contributed by atoms with Crippen LogP contribution in [-0.2, 0) is 14.3 Å². The zero-order valence-electron chi connectivity index (χ0n) is 17.8. The van der Waals surface area contributed by atoms with Crippen molar-refractivity contribution in [3.05, 3.63) is 29.1 Å². The molecule has 2 unspecified atom stereocenters. The Balaban J connectivity index is 1.72. The van der Waals surface area contributed by atoms with Gasteiger partial charge >= 0.3 is 6.09 Å². The molecule has 8 nitrogen and oxygen atoms in total. The Morgan fingerprint density at radius 3 is 2.70 bits per heavy atom. The van der Waals surface area contributed by atoms with E-state index in [0.717, 1.165) is 5.56 Å². The van der Waals surface area contributed by atoms with E-state index in [4.69, 9.17) is 4.74 Å². The van der Waals surface area contributed by atoms with Crippen molar-refractivity contribution in [3.8, 4) is 0 Å². The molecule has 0 bridgehead atoms. The summed E-state index contributed by atoms with van der Waals surface area (Å²) < 4.78 is 20.4. The van der Waals surface area contributed by atoms with Crippen LogP contribution in [0.25, 0.3) is 0 Å². The predicted octanol–water partition coefficient (Wildman–Crippen LogP) is 2.23. The first-order valence-electron chi connectivity index (χ1n) is 10.1. The molecule has 3 rings (SSSR count). The Labute approximate surface area is 175 Å². The number of rotatable bonds is 3. The van der Waals surface area contributed by atoms with Crippen molar-refractivity contribution < 1.29 is 23.5 Å². The summed E-state index contributed by atoms with van der Waals surface area (Å²) in [6, 6.07) is 2.14. The predicted molar refractivity (Wildman–Crippen MR) is 109 cm³/mol. The van der Waals surface area contributed by atoms with Crippen LogP contribution in [-0.4, -0.2) is 54.1 Å². The Hall–Kier alpha value is -2.68. The number of nitrogens with zero attached hydrogens (tertiary/aromatic N) is 1. The van der Waals surface area contributed by atoms with Gasteiger partial charge in [-0.2, -0.15) is 0 Å². The van der Waals surface area contributed by atoms with E-state index < -0.39 is 29.5 Å². The Morgan fingerprint density at radius 2 is 2.03 bits per heavy atom. The highest BCUT2D eigenvalue weighted by molar-refractivity contribution is 6.01. The van der Waals surface area contributed by atoms with Crippen LogP contribution in [0.2, 0.25) is 0 Å². The number of imide groups is 1. The summed E-state index contributed by atoms with van der Waals surface area (Å²) in [7, 11) is 0. The van der Waals surface area contributed by atoms with Gasteiger partial charge in [0.15, 0.2) is 0 Å². The first-order chi connectivity index (χ1) is 14.0. The summed E-state index contributed by atoms with van der Waals surface area (Å²) in [5.74, 6) is -1.13. The lowest BCUT2D eigenvalue weighted by Gasteiger charge is -2.35. The molecule has 0 saturated carbocycles. The second-order valence-corrected chi connectivity index (χ2v) is 8.77. The van der Waals surface area contributed by atoms with Gasteiger partial charge in [-0.05, 0) is 51.8 Å². The van der Waals surface area contributed by atoms with E-state index in [-0.39, 0.29) is 18.4 Å². The van der Waals surface area contributed by atoms with E-state index in [2.05, 4.69) is 16.0 Å². The quantitative estimate of drug-likeness (QED) is 0.649. The number of nitrogens with one attached hydrogen (secondary N) is 3. The molecule has 1 aromatic rings. The van der Waals surface area contributed by atoms with Crippen LogP contribution in [0.4, 0.5) is 14.9 Å². The third kappa shape index (κ3) is 5.27. The topological polar surface area (TPSA) is 99.8 Å². The molecule has 2 aliphatic rings. The highest BCUT2D eigenvalue weighted by Gasteiger charge is 2.30. The molecule has 9 heteroatoms. The van der Waals surface area contributed by atoms with Gasteiger partial charge in [-0.3, -0.25) is 14.9 Å². The standard InChI is InChI=1S/C21H29FN4O4/c1-12-9-13(17-11-26(8-7-23-17)20(29)30-21(2,3)4)14(22)10-16(12)24-15-5-6-18(27)25-19(15)28/h9-10,15,17,23-24H,5-8,11H2,1-4H3,(H,25,27,28). The second kappa shape index (κ2) is 8.59. The fourth-order valence-corrected chi connectivity index (χ4v) is 3.60. The monoisotopic (exact) mass is 420 g/mol. The number of piperidine rings is 1. The molecule has 30 heavy (non-hydrogen) atoms. The molecule has 164 valence electrons. The Bertz CT molecular complexity index is 852. The fraction of sp³-hybridized carbons (Fsp3) is 0.571. The van der Waals surface area contributed by atoms with E-state index in [1.807, 2.05) is 27.7 Å². The minimum absolute atomic E-state index is 0.246. The number of hydrogen-bond acceptors (Lipinski definition) is 6. The molecular formula is C21H29FN4O4. The first kappa shape index (κ1) is 22.0. The maximum absolute atomic E-state index is 15.0. The molecule has 2 fully saturated rings. The average molecular weight is 420 g/mol. The molecular weight excluding hydrogens is 391 g/mol. The molecule has 0 aliphatic carbocycles. The summed E-state index contributed by atoms with van der Waals surface area (Å²) in [6.07, 6.45) is 0.195. The number of halogens is 1. The maximum atomic E-state index is 15.0. The summed E-state index contributed by atoms with van der Waals surface area (Å²) in [6.45, 7) is 8.56. The molecule has 0 aromatic heterocycles. The van der Waals surface area contributed by atoms with Crippen LogP contribution >= 0.6 is 0 Å². The summed E-state index contributed by atoms with van der Waals surface area (Å²) in [5.41, 5.74) is 1.13. The molecule has 2 heterocycles. The van der Waals surface area contributed by atoms with Crippen molar-refractivity contribution in [2.45, 2.75) is 58.2 Å². The summed E-state index contributed by atoms with van der Waals surface area (Å²) in [4.78, 5) is 37.2. The SMILES string of the molecule is Cc1cc(C2CN(C(=O)OC(C)(C)C)CCN2)c(F)cc1NC1CCC(=O)NC1=O. The zero-order chi connectivity index (χ0) is 22.1. The number of carbonyl (C=O) groups is 3. The first-order valence-corrected chi connectivity index (χ1v) is 10.1. The van der Waals surface area contributed by atoms with Gasteiger partial charge in [0.1, 0.15) is 17.5 Å². The zero-order valence-corrected chi connectivity index (χ0v) is 17.8. The van der Waals surface area contributed by atoms with Crippen LogP contribution in [0.5, 0.6) is 0 Å². The molecule has 2 aliphatic heterocycles. The van der Waals surface area contributed by atoms with Gasteiger partial charge in [0, 0.05) is 37.3 Å². The number of benzene rings is 1. The molecule has 3 N–H and O–H groups in total. The number of piperazine rings is 1. The number of aryl methyl sites for hydroxylation is 1. The van der Waals surface area contributed by atoms with Crippen molar-refractivity contribution in [3.63, 3.8) is 0 Å². The lowest BCUT2D eigenvalue weighted by molar-refractivity contribution is -0.133. The number of carbonyl (C=O) groups excluding carboxylic acids is 3. The summed E-state index contributed by atoms with van der Waals surface area (Å²) in [5, 5.41) is 8.57. The van der Waals surface area contributed by atoms with Gasteiger partial charge in [-0.25, -0.2) is 9.18 Å². The van der Waals surface area contributed by atoms with Crippen molar-refractivity contribution in [1.29, 1.82) is 0 Å². The lowest BCUT2D eigenvalue weighted by atomic mass is 9.99. The molecule has 2 atom stereocenters. The highest BCUT2D eigenvalue weighted by Crippen LogP contribution is 2.28. The van der Waals surface area contributed by atoms with E-state index in [0.29, 0.717) is 37.3 Å². The molecule has 0 radical (unpaired) electrons. The molecule has 2 saturated heterocycles. The third-order valence-corrected chi connectivity index (χ3v) is 5.12. The van der Waals surface area contributed by atoms with Gasteiger partial charge in [0.2, 0.25) is 11.8 Å². The minimum atomic E-state index is -0.595. The molecule has 0 spiro atoms. The second-order valence-electron chi connectivity index (χ2n) is 8.77. The molecule has 3 amide bonds. The Kier molecular flexibility index (Phi) is 6.30. The smallest absolute Gasteiger partial charge is 0.410 e. The van der Waals surface area contributed by atoms with Crippen molar-refractivity contribution in [1.82, 2.24) is 15.5 Å². The van der Waals surface area contributed by atoms with Gasteiger partial charge in [-0.1, -0.05) is 0 Å². The average Bonchev–Trinajstić information content (AvgIpc) is 2.65. The van der Waals surface area contributed by atoms with Crippen molar-refractivity contribution >= 4 is 23.6 Å². The Morgan fingerprint density at radius 1 is 1.30 bits per heavy atom. The molecule has 1 aromatic carbocycles. The van der Waals surface area contributed by atoms with Gasteiger partial charge in [0.25, 0.3) is 0 Å². The van der Waals surface area contributed by atoms with E-state index in [1.165, 1.54) is 6.07 Å². The third-order valence-electron chi connectivity index (χ3n) is 5.12. The minimum Gasteiger partial charge on any atom is -0.444 e. The van der Waals surface area contributed by atoms with Crippen LogP contribution in [0.15, 0.2) is 12.1 Å². The summed E-state index contributed by atoms with van der Waals surface area (Å²) >= 11 is 0.